The Morgan fingerprint density at radius 1 is 1.12 bits per heavy atom. The highest BCUT2D eigenvalue weighted by Gasteiger charge is 2.14. The number of unbranched alkanes of at least 4 members (excludes halogenated alkanes) is 2. The fourth-order valence-corrected chi connectivity index (χ4v) is 2.05. The molecule has 0 aromatic heterocycles. The van der Waals surface area contributed by atoms with Crippen molar-refractivity contribution in [2.45, 2.75) is 65.3 Å². The van der Waals surface area contributed by atoms with Crippen molar-refractivity contribution in [3.63, 3.8) is 0 Å². The van der Waals surface area contributed by atoms with Crippen LogP contribution in [0.1, 0.15) is 59.3 Å². The average Bonchev–Trinajstić information content (AvgIpc) is 2.31. The number of hydrazine groups is 1. The standard InChI is InChI=1S/C13H31N3/c1-4-7-8-9-13(6-3)16(12-5-2)15-11-10-14/h13,15H,4-12,14H2,1-3H3. The highest BCUT2D eigenvalue weighted by Crippen LogP contribution is 2.12. The Labute approximate surface area is 102 Å². The zero-order chi connectivity index (χ0) is 12.2. The van der Waals surface area contributed by atoms with Crippen LogP contribution in [0.15, 0.2) is 0 Å². The molecule has 0 bridgehead atoms. The van der Waals surface area contributed by atoms with Gasteiger partial charge in [-0.25, -0.2) is 5.01 Å². The highest BCUT2D eigenvalue weighted by molar-refractivity contribution is 4.67. The Bertz CT molecular complexity index is 139. The lowest BCUT2D eigenvalue weighted by Crippen LogP contribution is -2.47. The summed E-state index contributed by atoms with van der Waals surface area (Å²) in [5.41, 5.74) is 9.00. The molecule has 1 atom stereocenters. The molecule has 0 aliphatic carbocycles. The summed E-state index contributed by atoms with van der Waals surface area (Å²) in [5.74, 6) is 0. The van der Waals surface area contributed by atoms with Crippen molar-refractivity contribution in [3.05, 3.63) is 0 Å². The minimum Gasteiger partial charge on any atom is -0.329 e. The van der Waals surface area contributed by atoms with Crippen molar-refractivity contribution >= 4 is 0 Å². The molecule has 16 heavy (non-hydrogen) atoms. The van der Waals surface area contributed by atoms with Crippen LogP contribution in [0.3, 0.4) is 0 Å². The maximum absolute atomic E-state index is 5.55. The molecular weight excluding hydrogens is 198 g/mol. The first-order valence-corrected chi connectivity index (χ1v) is 7.00. The lowest BCUT2D eigenvalue weighted by atomic mass is 10.1. The van der Waals surface area contributed by atoms with Gasteiger partial charge in [0.25, 0.3) is 0 Å². The molecule has 0 radical (unpaired) electrons. The van der Waals surface area contributed by atoms with E-state index in [9.17, 15) is 0 Å². The highest BCUT2D eigenvalue weighted by atomic mass is 15.5. The third-order valence-electron chi connectivity index (χ3n) is 2.98. The van der Waals surface area contributed by atoms with E-state index in [0.29, 0.717) is 12.6 Å². The zero-order valence-corrected chi connectivity index (χ0v) is 11.5. The first-order valence-electron chi connectivity index (χ1n) is 7.00. The molecule has 0 aliphatic heterocycles. The molecule has 0 amide bonds. The summed E-state index contributed by atoms with van der Waals surface area (Å²) in [6, 6.07) is 0.679. The minimum absolute atomic E-state index is 0.679. The fraction of sp³-hybridized carbons (Fsp3) is 1.00. The van der Waals surface area contributed by atoms with Crippen LogP contribution in [0.5, 0.6) is 0 Å². The quantitative estimate of drug-likeness (QED) is 0.422. The summed E-state index contributed by atoms with van der Waals surface area (Å²) >= 11 is 0. The minimum atomic E-state index is 0.679. The first-order chi connectivity index (χ1) is 7.79. The monoisotopic (exact) mass is 229 g/mol. The molecule has 98 valence electrons. The molecule has 0 saturated carbocycles. The fourth-order valence-electron chi connectivity index (χ4n) is 2.05. The van der Waals surface area contributed by atoms with E-state index >= 15 is 0 Å². The molecule has 3 N–H and O–H groups in total. The van der Waals surface area contributed by atoms with Gasteiger partial charge >= 0.3 is 0 Å². The van der Waals surface area contributed by atoms with Crippen molar-refractivity contribution < 1.29 is 0 Å². The van der Waals surface area contributed by atoms with Gasteiger partial charge in [-0.2, -0.15) is 0 Å². The van der Waals surface area contributed by atoms with Gasteiger partial charge in [0.2, 0.25) is 0 Å². The normalized spacial score (nSPS) is 13.3. The van der Waals surface area contributed by atoms with E-state index in [1.165, 1.54) is 38.5 Å². The van der Waals surface area contributed by atoms with Crippen LogP contribution in [0.25, 0.3) is 0 Å². The molecule has 0 aromatic carbocycles. The van der Waals surface area contributed by atoms with Crippen molar-refractivity contribution in [1.29, 1.82) is 0 Å². The third kappa shape index (κ3) is 7.20. The van der Waals surface area contributed by atoms with E-state index in [2.05, 4.69) is 31.2 Å². The number of hydrogen-bond donors (Lipinski definition) is 2. The van der Waals surface area contributed by atoms with Gasteiger partial charge in [0, 0.05) is 25.7 Å². The second-order valence-corrected chi connectivity index (χ2v) is 4.45. The molecule has 1 unspecified atom stereocenters. The van der Waals surface area contributed by atoms with Crippen LogP contribution in [0.2, 0.25) is 0 Å². The molecule has 0 fully saturated rings. The second-order valence-electron chi connectivity index (χ2n) is 4.45. The Morgan fingerprint density at radius 2 is 1.88 bits per heavy atom. The number of hydrogen-bond acceptors (Lipinski definition) is 3. The van der Waals surface area contributed by atoms with Gasteiger partial charge in [0.1, 0.15) is 0 Å². The van der Waals surface area contributed by atoms with Gasteiger partial charge < -0.3 is 5.73 Å². The van der Waals surface area contributed by atoms with Gasteiger partial charge in [-0.1, -0.05) is 40.0 Å². The Balaban J connectivity index is 3.99. The van der Waals surface area contributed by atoms with Crippen LogP contribution < -0.4 is 11.2 Å². The van der Waals surface area contributed by atoms with Gasteiger partial charge in [-0.3, -0.25) is 5.43 Å². The molecule has 0 spiro atoms. The lowest BCUT2D eigenvalue weighted by Gasteiger charge is -2.31. The van der Waals surface area contributed by atoms with Crippen LogP contribution in [0.4, 0.5) is 0 Å². The summed E-state index contributed by atoms with van der Waals surface area (Å²) in [6.45, 7) is 9.51. The van der Waals surface area contributed by atoms with Crippen molar-refractivity contribution in [3.8, 4) is 0 Å². The summed E-state index contributed by atoms with van der Waals surface area (Å²) < 4.78 is 0. The summed E-state index contributed by atoms with van der Waals surface area (Å²) in [7, 11) is 0. The van der Waals surface area contributed by atoms with Crippen LogP contribution in [-0.2, 0) is 0 Å². The van der Waals surface area contributed by atoms with Crippen LogP contribution in [0, 0.1) is 0 Å². The number of nitrogens with zero attached hydrogens (tertiary/aromatic N) is 1. The molecule has 3 nitrogen and oxygen atoms in total. The lowest BCUT2D eigenvalue weighted by molar-refractivity contribution is 0.113. The maximum Gasteiger partial charge on any atom is 0.0240 e. The molecule has 0 aromatic rings. The largest absolute Gasteiger partial charge is 0.329 e. The van der Waals surface area contributed by atoms with E-state index in [1.807, 2.05) is 0 Å². The first kappa shape index (κ1) is 15.9. The summed E-state index contributed by atoms with van der Waals surface area (Å²) in [5, 5.41) is 2.41. The molecule has 3 heteroatoms. The third-order valence-corrected chi connectivity index (χ3v) is 2.98. The van der Waals surface area contributed by atoms with Gasteiger partial charge in [0.15, 0.2) is 0 Å². The van der Waals surface area contributed by atoms with E-state index in [1.54, 1.807) is 0 Å². The van der Waals surface area contributed by atoms with Crippen LogP contribution in [-0.4, -0.2) is 30.7 Å². The van der Waals surface area contributed by atoms with Gasteiger partial charge in [-0.05, 0) is 19.3 Å². The van der Waals surface area contributed by atoms with Gasteiger partial charge in [-0.15, -0.1) is 0 Å². The Morgan fingerprint density at radius 3 is 2.38 bits per heavy atom. The topological polar surface area (TPSA) is 41.3 Å². The van der Waals surface area contributed by atoms with E-state index < -0.39 is 0 Å². The molecule has 0 saturated heterocycles. The molecule has 0 heterocycles. The van der Waals surface area contributed by atoms with Crippen molar-refractivity contribution in [2.75, 3.05) is 19.6 Å². The maximum atomic E-state index is 5.55. The molecule has 0 rings (SSSR count). The molecule has 0 aliphatic rings. The molecular formula is C13H31N3. The predicted octanol–water partition coefficient (Wildman–Crippen LogP) is 2.52. The number of nitrogens with one attached hydrogen (secondary N) is 1. The van der Waals surface area contributed by atoms with Gasteiger partial charge in [0.05, 0.1) is 0 Å². The van der Waals surface area contributed by atoms with Crippen molar-refractivity contribution in [1.82, 2.24) is 10.4 Å². The SMILES string of the molecule is CCCCCC(CC)N(CCC)NCCN. The number of rotatable bonds is 11. The average molecular weight is 229 g/mol. The second kappa shape index (κ2) is 11.4. The zero-order valence-electron chi connectivity index (χ0n) is 11.5. The van der Waals surface area contributed by atoms with E-state index in [-0.39, 0.29) is 0 Å². The van der Waals surface area contributed by atoms with Crippen molar-refractivity contribution in [2.24, 2.45) is 5.73 Å². The summed E-state index contributed by atoms with van der Waals surface area (Å²) in [6.07, 6.45) is 7.73. The Kier molecular flexibility index (Phi) is 11.3. The predicted molar refractivity (Wildman–Crippen MR) is 72.3 cm³/mol. The summed E-state index contributed by atoms with van der Waals surface area (Å²) in [4.78, 5) is 0. The van der Waals surface area contributed by atoms with E-state index in [4.69, 9.17) is 5.73 Å². The van der Waals surface area contributed by atoms with E-state index in [0.717, 1.165) is 13.1 Å². The smallest absolute Gasteiger partial charge is 0.0240 e. The Hall–Kier alpha value is -0.120. The number of nitrogens with two attached hydrogens (primary N) is 1. The van der Waals surface area contributed by atoms with Crippen LogP contribution >= 0.6 is 0 Å².